The third kappa shape index (κ3) is 7.85. The van der Waals surface area contributed by atoms with Crippen molar-refractivity contribution in [3.05, 3.63) is 0 Å². The maximum atomic E-state index is 12.0. The molecule has 0 aromatic carbocycles. The van der Waals surface area contributed by atoms with Gasteiger partial charge in [0.05, 0.1) is 5.92 Å². The van der Waals surface area contributed by atoms with Gasteiger partial charge < -0.3 is 15.7 Å². The van der Waals surface area contributed by atoms with Crippen LogP contribution in [0.25, 0.3) is 0 Å². The smallest absolute Gasteiger partial charge is 0.405 e. The van der Waals surface area contributed by atoms with E-state index in [1.165, 1.54) is 0 Å². The summed E-state index contributed by atoms with van der Waals surface area (Å²) in [6, 6.07) is -0.601. The standard InChI is InChI=1S/C14H21F3N2O4/c15-14(16,17)8-18-11(20)7-12(21)19-10-6-4-2-1-3-5-9(10)13(22)23/h9-10H,1-8H2,(H,18,20)(H,19,21)(H,22,23). The van der Waals surface area contributed by atoms with Crippen molar-refractivity contribution in [3.8, 4) is 0 Å². The lowest BCUT2D eigenvalue weighted by atomic mass is 9.86. The number of carbonyl (C=O) groups is 3. The van der Waals surface area contributed by atoms with Crippen LogP contribution in [-0.4, -0.2) is 41.7 Å². The summed E-state index contributed by atoms with van der Waals surface area (Å²) in [6.07, 6.45) is -1.01. The third-order valence-electron chi connectivity index (χ3n) is 3.74. The monoisotopic (exact) mass is 338 g/mol. The number of hydrogen-bond donors (Lipinski definition) is 3. The lowest BCUT2D eigenvalue weighted by Crippen LogP contribution is -2.45. The van der Waals surface area contributed by atoms with Crippen LogP contribution < -0.4 is 10.6 Å². The summed E-state index contributed by atoms with van der Waals surface area (Å²) in [6.45, 7) is -1.50. The molecule has 2 amide bonds. The molecule has 0 aromatic rings. The van der Waals surface area contributed by atoms with Crippen LogP contribution in [0.4, 0.5) is 13.2 Å². The van der Waals surface area contributed by atoms with E-state index in [1.807, 2.05) is 0 Å². The van der Waals surface area contributed by atoms with Crippen LogP contribution in [0, 0.1) is 5.92 Å². The number of aliphatic carboxylic acids is 1. The van der Waals surface area contributed by atoms with Gasteiger partial charge in [0.15, 0.2) is 0 Å². The van der Waals surface area contributed by atoms with Crippen LogP contribution in [0.2, 0.25) is 0 Å². The van der Waals surface area contributed by atoms with Crippen LogP contribution in [0.1, 0.15) is 44.9 Å². The quantitative estimate of drug-likeness (QED) is 0.664. The molecule has 0 heterocycles. The number of carboxylic acid groups (broad SMARTS) is 1. The third-order valence-corrected chi connectivity index (χ3v) is 3.74. The summed E-state index contributed by atoms with van der Waals surface area (Å²) in [4.78, 5) is 34.3. The lowest BCUT2D eigenvalue weighted by Gasteiger charge is -2.27. The van der Waals surface area contributed by atoms with Crippen LogP contribution in [-0.2, 0) is 14.4 Å². The molecule has 0 aliphatic heterocycles. The highest BCUT2D eigenvalue weighted by Crippen LogP contribution is 2.23. The molecule has 1 saturated carbocycles. The number of nitrogens with one attached hydrogen (secondary N) is 2. The fourth-order valence-electron chi connectivity index (χ4n) is 2.62. The van der Waals surface area contributed by atoms with E-state index in [-0.39, 0.29) is 0 Å². The maximum Gasteiger partial charge on any atom is 0.405 e. The average molecular weight is 338 g/mol. The Kier molecular flexibility index (Phi) is 7.31. The number of halogens is 3. The maximum absolute atomic E-state index is 12.0. The molecular weight excluding hydrogens is 317 g/mol. The van der Waals surface area contributed by atoms with Crippen molar-refractivity contribution in [2.24, 2.45) is 5.92 Å². The molecule has 132 valence electrons. The number of hydrogen-bond acceptors (Lipinski definition) is 3. The molecule has 1 rings (SSSR count). The molecule has 0 saturated heterocycles. The van der Waals surface area contributed by atoms with Gasteiger partial charge in [0.25, 0.3) is 0 Å². The van der Waals surface area contributed by atoms with Crippen molar-refractivity contribution in [1.29, 1.82) is 0 Å². The number of alkyl halides is 3. The topological polar surface area (TPSA) is 95.5 Å². The van der Waals surface area contributed by atoms with E-state index in [4.69, 9.17) is 0 Å². The second kappa shape index (κ2) is 8.73. The molecule has 1 fully saturated rings. The minimum atomic E-state index is -4.54. The van der Waals surface area contributed by atoms with E-state index in [2.05, 4.69) is 5.32 Å². The zero-order chi connectivity index (χ0) is 17.5. The first kappa shape index (κ1) is 19.2. The second-order valence-electron chi connectivity index (χ2n) is 5.68. The Morgan fingerprint density at radius 3 is 2.17 bits per heavy atom. The van der Waals surface area contributed by atoms with Crippen LogP contribution in [0.15, 0.2) is 0 Å². The zero-order valence-electron chi connectivity index (χ0n) is 12.6. The Bertz CT molecular complexity index is 440. The summed E-state index contributed by atoms with van der Waals surface area (Å²) < 4.78 is 35.9. The van der Waals surface area contributed by atoms with E-state index in [0.717, 1.165) is 25.7 Å². The van der Waals surface area contributed by atoms with Gasteiger partial charge in [-0.3, -0.25) is 14.4 Å². The Morgan fingerprint density at radius 2 is 1.61 bits per heavy atom. The number of rotatable bonds is 5. The molecule has 3 N–H and O–H groups in total. The Labute approximate surface area is 131 Å². The summed E-state index contributed by atoms with van der Waals surface area (Å²) in [5, 5.41) is 13.3. The summed E-state index contributed by atoms with van der Waals surface area (Å²) in [7, 11) is 0. The molecule has 1 aliphatic carbocycles. The molecule has 23 heavy (non-hydrogen) atoms. The largest absolute Gasteiger partial charge is 0.481 e. The first-order valence-corrected chi connectivity index (χ1v) is 7.54. The van der Waals surface area contributed by atoms with Gasteiger partial charge in [-0.1, -0.05) is 25.7 Å². The van der Waals surface area contributed by atoms with Crippen molar-refractivity contribution < 1.29 is 32.7 Å². The molecule has 2 unspecified atom stereocenters. The van der Waals surface area contributed by atoms with E-state index < -0.39 is 48.9 Å². The first-order valence-electron chi connectivity index (χ1n) is 7.54. The molecule has 0 aromatic heterocycles. The van der Waals surface area contributed by atoms with Crippen LogP contribution >= 0.6 is 0 Å². The van der Waals surface area contributed by atoms with Gasteiger partial charge in [-0.2, -0.15) is 13.2 Å². The minimum Gasteiger partial charge on any atom is -0.481 e. The van der Waals surface area contributed by atoms with Gasteiger partial charge in [0.1, 0.15) is 13.0 Å². The molecule has 0 spiro atoms. The lowest BCUT2D eigenvalue weighted by molar-refractivity contribution is -0.144. The Morgan fingerprint density at radius 1 is 1.00 bits per heavy atom. The Balaban J connectivity index is 2.51. The molecule has 9 heteroatoms. The number of carbonyl (C=O) groups excluding carboxylic acids is 2. The highest BCUT2D eigenvalue weighted by atomic mass is 19.4. The van der Waals surface area contributed by atoms with E-state index in [0.29, 0.717) is 12.8 Å². The van der Waals surface area contributed by atoms with E-state index >= 15 is 0 Å². The normalized spacial score (nSPS) is 22.6. The molecule has 1 aliphatic rings. The number of carboxylic acids is 1. The zero-order valence-corrected chi connectivity index (χ0v) is 12.6. The van der Waals surface area contributed by atoms with Crippen LogP contribution in [0.5, 0.6) is 0 Å². The van der Waals surface area contributed by atoms with E-state index in [9.17, 15) is 32.7 Å². The molecule has 0 radical (unpaired) electrons. The minimum absolute atomic E-state index is 0.431. The van der Waals surface area contributed by atoms with E-state index in [1.54, 1.807) is 5.32 Å². The number of amides is 2. The molecule has 2 atom stereocenters. The fourth-order valence-corrected chi connectivity index (χ4v) is 2.62. The molecule has 0 bridgehead atoms. The first-order chi connectivity index (χ1) is 10.7. The summed E-state index contributed by atoms with van der Waals surface area (Å²) >= 11 is 0. The molecule has 6 nitrogen and oxygen atoms in total. The van der Waals surface area contributed by atoms with Gasteiger partial charge in [-0.25, -0.2) is 0 Å². The van der Waals surface area contributed by atoms with Gasteiger partial charge in [0, 0.05) is 6.04 Å². The SMILES string of the molecule is O=C(CC(=O)NC1CCCCCCC1C(=O)O)NCC(F)(F)F. The highest BCUT2D eigenvalue weighted by molar-refractivity contribution is 5.97. The fraction of sp³-hybridized carbons (Fsp3) is 0.786. The van der Waals surface area contributed by atoms with Crippen molar-refractivity contribution >= 4 is 17.8 Å². The van der Waals surface area contributed by atoms with Crippen LogP contribution in [0.3, 0.4) is 0 Å². The van der Waals surface area contributed by atoms with Crippen molar-refractivity contribution in [2.45, 2.75) is 57.2 Å². The molecular formula is C14H21F3N2O4. The average Bonchev–Trinajstić information content (AvgIpc) is 2.38. The van der Waals surface area contributed by atoms with Gasteiger partial charge in [-0.05, 0) is 12.8 Å². The highest BCUT2D eigenvalue weighted by Gasteiger charge is 2.31. The Hall–Kier alpha value is -1.80. The van der Waals surface area contributed by atoms with Gasteiger partial charge >= 0.3 is 12.1 Å². The van der Waals surface area contributed by atoms with Gasteiger partial charge in [0.2, 0.25) is 11.8 Å². The summed E-state index contributed by atoms with van der Waals surface area (Å²) in [5.74, 6) is -3.56. The van der Waals surface area contributed by atoms with Crippen molar-refractivity contribution in [3.63, 3.8) is 0 Å². The predicted octanol–water partition coefficient (Wildman–Crippen LogP) is 1.59. The second-order valence-corrected chi connectivity index (χ2v) is 5.68. The van der Waals surface area contributed by atoms with Crippen molar-refractivity contribution in [2.75, 3.05) is 6.54 Å². The predicted molar refractivity (Wildman–Crippen MR) is 74.4 cm³/mol. The van der Waals surface area contributed by atoms with Gasteiger partial charge in [-0.15, -0.1) is 0 Å². The van der Waals surface area contributed by atoms with Crippen molar-refractivity contribution in [1.82, 2.24) is 10.6 Å². The summed E-state index contributed by atoms with van der Waals surface area (Å²) in [5.41, 5.74) is 0.